The van der Waals surface area contributed by atoms with E-state index in [-0.39, 0.29) is 18.4 Å². The average molecular weight is 442 g/mol. The second-order valence-electron chi connectivity index (χ2n) is 8.23. The number of carbonyl (C=O) groups excluding carboxylic acids is 2. The van der Waals surface area contributed by atoms with E-state index in [1.807, 2.05) is 13.8 Å². The molecule has 0 aromatic carbocycles. The molecule has 179 valence electrons. The van der Waals surface area contributed by atoms with E-state index in [1.165, 1.54) is 0 Å². The topological polar surface area (TPSA) is 149 Å². The van der Waals surface area contributed by atoms with E-state index >= 15 is 0 Å². The molecular weight excluding hydrogens is 400 g/mol. The Bertz CT molecular complexity index is 556. The van der Waals surface area contributed by atoms with Crippen molar-refractivity contribution in [2.45, 2.75) is 91.5 Å². The summed E-state index contributed by atoms with van der Waals surface area (Å²) in [5.74, 6) is 0.0894. The number of hydrazine groups is 1. The molecule has 0 aromatic heterocycles. The molecule has 0 saturated heterocycles. The van der Waals surface area contributed by atoms with Gasteiger partial charge >= 0.3 is 0 Å². The Labute approximate surface area is 186 Å². The normalized spacial score (nSPS) is 12.7. The second-order valence-corrected chi connectivity index (χ2v) is 8.23. The summed E-state index contributed by atoms with van der Waals surface area (Å²) in [5.41, 5.74) is 1.71. The number of guanidine groups is 1. The molecule has 2 amide bonds. The SMILES string of the molecule is CCCCC(CC)CCC(=O)N[C@@H](CCCNC(=N)N[N+](=O)[O-])C(=O)N[CH]CC(C)C. The van der Waals surface area contributed by atoms with Crippen molar-refractivity contribution in [3.63, 3.8) is 0 Å². The van der Waals surface area contributed by atoms with Crippen LogP contribution in [-0.4, -0.2) is 35.4 Å². The molecule has 10 nitrogen and oxygen atoms in total. The van der Waals surface area contributed by atoms with Crippen molar-refractivity contribution in [1.82, 2.24) is 21.4 Å². The number of rotatable bonds is 17. The third-order valence-electron chi connectivity index (χ3n) is 4.98. The average Bonchev–Trinajstić information content (AvgIpc) is 2.69. The first-order valence-electron chi connectivity index (χ1n) is 11.3. The molecule has 31 heavy (non-hydrogen) atoms. The molecule has 1 radical (unpaired) electrons. The molecule has 0 heterocycles. The summed E-state index contributed by atoms with van der Waals surface area (Å²) in [5, 5.41) is 25.0. The minimum absolute atomic E-state index is 0.144. The Kier molecular flexibility index (Phi) is 16.0. The Hall–Kier alpha value is -2.39. The number of unbranched alkanes of at least 4 members (excludes halogenated alkanes) is 1. The monoisotopic (exact) mass is 441 g/mol. The van der Waals surface area contributed by atoms with E-state index < -0.39 is 17.0 Å². The molecule has 0 fully saturated rings. The summed E-state index contributed by atoms with van der Waals surface area (Å²) in [6, 6.07) is -0.689. The van der Waals surface area contributed by atoms with Crippen LogP contribution in [0.5, 0.6) is 0 Å². The first-order valence-corrected chi connectivity index (χ1v) is 11.3. The van der Waals surface area contributed by atoms with E-state index in [1.54, 1.807) is 12.0 Å². The summed E-state index contributed by atoms with van der Waals surface area (Å²) < 4.78 is 0. The van der Waals surface area contributed by atoms with Crippen LogP contribution in [0.25, 0.3) is 0 Å². The van der Waals surface area contributed by atoms with Crippen molar-refractivity contribution in [1.29, 1.82) is 5.41 Å². The van der Waals surface area contributed by atoms with Gasteiger partial charge in [-0.1, -0.05) is 58.8 Å². The molecule has 2 atom stereocenters. The molecular formula is C21H41N6O4. The third kappa shape index (κ3) is 16.0. The van der Waals surface area contributed by atoms with E-state index in [9.17, 15) is 19.7 Å². The lowest BCUT2D eigenvalue weighted by molar-refractivity contribution is -0.525. The van der Waals surface area contributed by atoms with Crippen molar-refractivity contribution in [3.05, 3.63) is 16.7 Å². The van der Waals surface area contributed by atoms with Crippen LogP contribution >= 0.6 is 0 Å². The summed E-state index contributed by atoms with van der Waals surface area (Å²) in [6.07, 6.45) is 7.19. The zero-order chi connectivity index (χ0) is 23.6. The summed E-state index contributed by atoms with van der Waals surface area (Å²) in [6.45, 7) is 10.4. The van der Waals surface area contributed by atoms with Gasteiger partial charge in [0.1, 0.15) is 6.04 Å². The van der Waals surface area contributed by atoms with Crippen molar-refractivity contribution in [3.8, 4) is 0 Å². The van der Waals surface area contributed by atoms with Crippen LogP contribution in [0.2, 0.25) is 0 Å². The number of nitrogens with one attached hydrogen (secondary N) is 5. The van der Waals surface area contributed by atoms with Crippen LogP contribution in [0.15, 0.2) is 0 Å². The number of amides is 2. The molecule has 0 aromatic rings. The van der Waals surface area contributed by atoms with E-state index in [4.69, 9.17) is 5.41 Å². The van der Waals surface area contributed by atoms with Crippen LogP contribution in [0, 0.1) is 33.9 Å². The predicted octanol–water partition coefficient (Wildman–Crippen LogP) is 2.88. The lowest BCUT2D eigenvalue weighted by Crippen LogP contribution is -2.46. The molecule has 0 bridgehead atoms. The Balaban J connectivity index is 4.63. The first-order chi connectivity index (χ1) is 14.7. The summed E-state index contributed by atoms with van der Waals surface area (Å²) in [4.78, 5) is 35.3. The quantitative estimate of drug-likeness (QED) is 0.0770. The highest BCUT2D eigenvalue weighted by molar-refractivity contribution is 5.87. The number of carbonyl (C=O) groups is 2. The minimum Gasteiger partial charge on any atom is -0.352 e. The van der Waals surface area contributed by atoms with E-state index in [0.717, 1.165) is 38.5 Å². The fourth-order valence-corrected chi connectivity index (χ4v) is 3.06. The third-order valence-corrected chi connectivity index (χ3v) is 4.98. The predicted molar refractivity (Wildman–Crippen MR) is 121 cm³/mol. The Morgan fingerprint density at radius 3 is 2.42 bits per heavy atom. The Morgan fingerprint density at radius 1 is 1.13 bits per heavy atom. The smallest absolute Gasteiger partial charge is 0.251 e. The van der Waals surface area contributed by atoms with Gasteiger partial charge in [0.15, 0.2) is 5.03 Å². The van der Waals surface area contributed by atoms with Gasteiger partial charge in [-0.2, -0.15) is 0 Å². The largest absolute Gasteiger partial charge is 0.352 e. The van der Waals surface area contributed by atoms with Gasteiger partial charge in [-0.05, 0) is 37.5 Å². The maximum atomic E-state index is 12.5. The van der Waals surface area contributed by atoms with Gasteiger partial charge in [0, 0.05) is 19.5 Å². The summed E-state index contributed by atoms with van der Waals surface area (Å²) in [7, 11) is 0. The maximum Gasteiger partial charge on any atom is 0.251 e. The van der Waals surface area contributed by atoms with Gasteiger partial charge in [0.2, 0.25) is 11.8 Å². The number of hydrogen-bond donors (Lipinski definition) is 5. The molecule has 10 heteroatoms. The maximum absolute atomic E-state index is 12.5. The highest BCUT2D eigenvalue weighted by Gasteiger charge is 2.21. The van der Waals surface area contributed by atoms with Crippen molar-refractivity contribution in [2.75, 3.05) is 6.54 Å². The van der Waals surface area contributed by atoms with Gasteiger partial charge in [-0.3, -0.25) is 15.0 Å². The fraction of sp³-hybridized carbons (Fsp3) is 0.810. The number of nitro groups is 1. The first kappa shape index (κ1) is 28.6. The molecule has 0 saturated carbocycles. The van der Waals surface area contributed by atoms with Crippen molar-refractivity contribution < 1.29 is 14.6 Å². The van der Waals surface area contributed by atoms with Crippen LogP contribution in [0.1, 0.15) is 85.5 Å². The van der Waals surface area contributed by atoms with Crippen LogP contribution in [-0.2, 0) is 9.59 Å². The summed E-state index contributed by atoms with van der Waals surface area (Å²) >= 11 is 0. The van der Waals surface area contributed by atoms with Gasteiger partial charge in [0.05, 0.1) is 0 Å². The van der Waals surface area contributed by atoms with Crippen LogP contribution in [0.4, 0.5) is 0 Å². The van der Waals surface area contributed by atoms with Gasteiger partial charge in [-0.15, -0.1) is 0 Å². The standard InChI is InChI=1S/C21H41N6O4/c1-5-7-9-17(6-2)11-12-19(28)25-18(20(29)23-15-13-16(3)4)10-8-14-24-21(22)26-27(30)31/h15-18H,5-14H2,1-4H3,(H,23,29)(H,25,28)(H3,22,24,26)/t17?,18-/m0/s1. The molecule has 0 spiro atoms. The molecule has 0 aliphatic heterocycles. The van der Waals surface area contributed by atoms with E-state index in [0.29, 0.717) is 31.1 Å². The molecule has 0 aliphatic carbocycles. The van der Waals surface area contributed by atoms with Gasteiger partial charge in [0.25, 0.3) is 5.96 Å². The van der Waals surface area contributed by atoms with Crippen LogP contribution in [0.3, 0.4) is 0 Å². The zero-order valence-electron chi connectivity index (χ0n) is 19.5. The lowest BCUT2D eigenvalue weighted by Gasteiger charge is -2.20. The number of hydrogen-bond acceptors (Lipinski definition) is 5. The number of nitrogens with zero attached hydrogens (tertiary/aromatic N) is 1. The zero-order valence-corrected chi connectivity index (χ0v) is 19.5. The Morgan fingerprint density at radius 2 is 1.84 bits per heavy atom. The lowest BCUT2D eigenvalue weighted by atomic mass is 9.94. The fourth-order valence-electron chi connectivity index (χ4n) is 3.06. The van der Waals surface area contributed by atoms with Crippen LogP contribution < -0.4 is 21.4 Å². The van der Waals surface area contributed by atoms with Crippen molar-refractivity contribution in [2.24, 2.45) is 11.8 Å². The van der Waals surface area contributed by atoms with E-state index in [2.05, 4.69) is 29.8 Å². The minimum atomic E-state index is -0.819. The highest BCUT2D eigenvalue weighted by Crippen LogP contribution is 2.18. The molecule has 0 aliphatic rings. The van der Waals surface area contributed by atoms with Gasteiger partial charge < -0.3 is 16.0 Å². The van der Waals surface area contributed by atoms with Gasteiger partial charge in [-0.25, -0.2) is 10.1 Å². The highest BCUT2D eigenvalue weighted by atomic mass is 16.7. The molecule has 1 unspecified atom stereocenters. The second kappa shape index (κ2) is 17.3. The van der Waals surface area contributed by atoms with Crippen molar-refractivity contribution >= 4 is 17.8 Å². The molecule has 0 rings (SSSR count). The molecule has 5 N–H and O–H groups in total.